The number of amides is 4. The number of aromatic nitrogens is 1. The number of fused-ring (bicyclic) bond motifs is 5. The van der Waals surface area contributed by atoms with Crippen LogP contribution < -0.4 is 20.1 Å². The van der Waals surface area contributed by atoms with E-state index < -0.39 is 74.5 Å². The Morgan fingerprint density at radius 1 is 1.05 bits per heavy atom. The number of sulfonamides is 1. The van der Waals surface area contributed by atoms with Crippen LogP contribution in [0.3, 0.4) is 0 Å². The van der Waals surface area contributed by atoms with Gasteiger partial charge in [-0.25, -0.2) is 22.6 Å². The third-order valence-corrected chi connectivity index (χ3v) is 12.9. The van der Waals surface area contributed by atoms with E-state index in [1.54, 1.807) is 24.3 Å². The Labute approximate surface area is 322 Å². The summed E-state index contributed by atoms with van der Waals surface area (Å²) in [5, 5.41) is 5.57. The summed E-state index contributed by atoms with van der Waals surface area (Å²) in [4.78, 5) is 61.2. The molecule has 2 aliphatic carbocycles. The number of furan rings is 1. The lowest BCUT2D eigenvalue weighted by atomic mass is 10.1. The SMILES string of the molecule is COC(=O)N[C@H]1CCCCCC=C[C@@H]2C[C@@]2(C(=O)NS(=O)(=O)C2CC2)NC(=O)[C@@H]2C[C@@H](Oc3cc(-c4ccc(F)cc4)nc4c3oc3ccccc34)CN2C1=O. The number of ether oxygens (including phenoxy) is 2. The number of benzene rings is 2. The smallest absolute Gasteiger partial charge is 0.407 e. The van der Waals surface area contributed by atoms with Crippen LogP contribution in [0.4, 0.5) is 9.18 Å². The molecule has 8 rings (SSSR count). The highest BCUT2D eigenvalue weighted by Gasteiger charge is 2.62. The molecule has 4 aliphatic rings. The van der Waals surface area contributed by atoms with Gasteiger partial charge in [0.1, 0.15) is 40.6 Å². The number of carbonyl (C=O) groups is 4. The number of halogens is 1. The fraction of sp³-hybridized carbons (Fsp3) is 0.425. The van der Waals surface area contributed by atoms with Crippen LogP contribution in [-0.4, -0.2) is 84.7 Å². The molecule has 14 nitrogen and oxygen atoms in total. The summed E-state index contributed by atoms with van der Waals surface area (Å²) < 4.78 is 59.5. The Balaban J connectivity index is 1.15. The molecule has 1 saturated heterocycles. The summed E-state index contributed by atoms with van der Waals surface area (Å²) in [6.07, 6.45) is 6.32. The summed E-state index contributed by atoms with van der Waals surface area (Å²) in [6, 6.07) is 12.7. The van der Waals surface area contributed by atoms with Gasteiger partial charge in [-0.15, -0.1) is 0 Å². The van der Waals surface area contributed by atoms with Crippen LogP contribution in [0.2, 0.25) is 0 Å². The molecule has 4 heterocycles. The first-order valence-electron chi connectivity index (χ1n) is 18.9. The van der Waals surface area contributed by atoms with E-state index in [1.165, 1.54) is 24.1 Å². The van der Waals surface area contributed by atoms with Gasteiger partial charge in [0.2, 0.25) is 21.8 Å². The monoisotopic (exact) mass is 787 g/mol. The first-order valence-corrected chi connectivity index (χ1v) is 20.4. The van der Waals surface area contributed by atoms with Gasteiger partial charge >= 0.3 is 6.09 Å². The molecule has 4 amide bonds. The molecule has 3 fully saturated rings. The third kappa shape index (κ3) is 7.41. The quantitative estimate of drug-likeness (QED) is 0.219. The van der Waals surface area contributed by atoms with Crippen LogP contribution in [0.5, 0.6) is 5.75 Å². The average molecular weight is 788 g/mol. The second kappa shape index (κ2) is 14.9. The molecule has 0 bridgehead atoms. The van der Waals surface area contributed by atoms with E-state index in [-0.39, 0.29) is 31.6 Å². The Kier molecular flexibility index (Phi) is 9.93. The molecular weight excluding hydrogens is 746 g/mol. The standard InChI is InChI=1S/C40H42FN5O9S/c1-53-39(50)43-29-11-6-4-2-3-5-9-24-21-40(24,38(49)45-56(51,52)27-17-18-27)44-36(47)31-19-26(22-46(31)37(29)48)54-33-20-30(23-13-15-25(41)16-14-23)42-34-28-10-7-8-12-32(28)55-35(33)34/h5,7-10,12-16,20,24,26-27,29,31H,2-4,6,11,17-19,21-22H2,1H3,(H,43,50)(H,44,47)(H,45,49)/t24-,26-,29+,31+,40-/m1/s1. The lowest BCUT2D eigenvalue weighted by Gasteiger charge is -2.29. The summed E-state index contributed by atoms with van der Waals surface area (Å²) in [7, 11) is -2.72. The van der Waals surface area contributed by atoms with Crippen molar-refractivity contribution in [2.24, 2.45) is 5.92 Å². The molecule has 294 valence electrons. The van der Waals surface area contributed by atoms with Gasteiger partial charge in [0, 0.05) is 29.4 Å². The number of para-hydroxylation sites is 1. The van der Waals surface area contributed by atoms with Crippen LogP contribution in [0.1, 0.15) is 57.8 Å². The number of nitrogens with zero attached hydrogens (tertiary/aromatic N) is 2. The van der Waals surface area contributed by atoms with E-state index in [0.717, 1.165) is 18.2 Å². The fourth-order valence-corrected chi connectivity index (χ4v) is 9.10. The summed E-state index contributed by atoms with van der Waals surface area (Å²) in [5.74, 6) is -2.60. The van der Waals surface area contributed by atoms with Gasteiger partial charge in [-0.05, 0) is 74.9 Å². The van der Waals surface area contributed by atoms with Crippen molar-refractivity contribution in [2.45, 2.75) is 86.8 Å². The molecule has 2 aromatic heterocycles. The number of pyridine rings is 1. The molecule has 0 spiro atoms. The largest absolute Gasteiger partial charge is 0.484 e. The molecule has 4 aromatic rings. The highest BCUT2D eigenvalue weighted by molar-refractivity contribution is 7.91. The Hall–Kier alpha value is -5.51. The Morgan fingerprint density at radius 3 is 2.61 bits per heavy atom. The van der Waals surface area contributed by atoms with Crippen molar-refractivity contribution >= 4 is 55.9 Å². The molecule has 16 heteroatoms. The zero-order valence-corrected chi connectivity index (χ0v) is 31.5. The maximum Gasteiger partial charge on any atom is 0.407 e. The van der Waals surface area contributed by atoms with E-state index >= 15 is 0 Å². The van der Waals surface area contributed by atoms with Crippen molar-refractivity contribution in [1.29, 1.82) is 0 Å². The van der Waals surface area contributed by atoms with Crippen molar-refractivity contribution in [3.63, 3.8) is 0 Å². The number of methoxy groups -OCH3 is 1. The van der Waals surface area contributed by atoms with Crippen molar-refractivity contribution in [2.75, 3.05) is 13.7 Å². The number of rotatable bonds is 7. The maximum atomic E-state index is 14.4. The minimum absolute atomic E-state index is 0.0168. The van der Waals surface area contributed by atoms with E-state index in [2.05, 4.69) is 15.4 Å². The minimum atomic E-state index is -3.92. The highest BCUT2D eigenvalue weighted by Crippen LogP contribution is 2.46. The third-order valence-electron chi connectivity index (χ3n) is 11.0. The Bertz CT molecular complexity index is 2340. The van der Waals surface area contributed by atoms with Gasteiger partial charge in [-0.3, -0.25) is 19.1 Å². The molecule has 5 atom stereocenters. The first kappa shape index (κ1) is 37.4. The minimum Gasteiger partial charge on any atom is -0.484 e. The number of hydrogen-bond donors (Lipinski definition) is 3. The second-order valence-corrected chi connectivity index (χ2v) is 16.9. The number of carbonyl (C=O) groups excluding carboxylic acids is 4. The van der Waals surface area contributed by atoms with Crippen LogP contribution in [-0.2, 0) is 29.1 Å². The van der Waals surface area contributed by atoms with Crippen molar-refractivity contribution in [3.8, 4) is 17.0 Å². The van der Waals surface area contributed by atoms with Gasteiger partial charge in [0.15, 0.2) is 11.3 Å². The van der Waals surface area contributed by atoms with Gasteiger partial charge in [-0.1, -0.05) is 37.1 Å². The fourth-order valence-electron chi connectivity index (χ4n) is 7.74. The van der Waals surface area contributed by atoms with Gasteiger partial charge < -0.3 is 29.4 Å². The molecule has 0 radical (unpaired) electrons. The predicted molar refractivity (Wildman–Crippen MR) is 202 cm³/mol. The number of hydrogen-bond acceptors (Lipinski definition) is 10. The van der Waals surface area contributed by atoms with E-state index in [0.29, 0.717) is 53.6 Å². The second-order valence-electron chi connectivity index (χ2n) is 15.0. The van der Waals surface area contributed by atoms with Crippen LogP contribution in [0, 0.1) is 11.7 Å². The molecule has 56 heavy (non-hydrogen) atoms. The molecule has 3 N–H and O–H groups in total. The highest BCUT2D eigenvalue weighted by atomic mass is 32.2. The summed E-state index contributed by atoms with van der Waals surface area (Å²) >= 11 is 0. The molecular formula is C40H42FN5O9S. The van der Waals surface area contributed by atoms with Crippen LogP contribution in [0.25, 0.3) is 33.3 Å². The first-order chi connectivity index (χ1) is 27.0. The molecule has 2 aliphatic heterocycles. The number of nitrogens with one attached hydrogen (secondary N) is 3. The van der Waals surface area contributed by atoms with E-state index in [9.17, 15) is 32.0 Å². The number of alkyl carbamates (subject to hydrolysis) is 1. The summed E-state index contributed by atoms with van der Waals surface area (Å²) in [5.41, 5.74) is 0.953. The van der Waals surface area contributed by atoms with Crippen LogP contribution >= 0.6 is 0 Å². The lowest BCUT2D eigenvalue weighted by Crippen LogP contribution is -2.58. The van der Waals surface area contributed by atoms with E-state index in [4.69, 9.17) is 18.9 Å². The van der Waals surface area contributed by atoms with Crippen molar-refractivity contribution in [3.05, 3.63) is 72.6 Å². The normalized spacial score (nSPS) is 25.7. The van der Waals surface area contributed by atoms with Crippen molar-refractivity contribution < 1.29 is 45.9 Å². The Morgan fingerprint density at radius 2 is 1.84 bits per heavy atom. The predicted octanol–water partition coefficient (Wildman–Crippen LogP) is 4.86. The average Bonchev–Trinajstić information content (AvgIpc) is 4.08. The molecule has 2 saturated carbocycles. The molecule has 2 aromatic carbocycles. The van der Waals surface area contributed by atoms with Gasteiger partial charge in [0.25, 0.3) is 5.91 Å². The van der Waals surface area contributed by atoms with Crippen LogP contribution in [0.15, 0.2) is 71.2 Å². The van der Waals surface area contributed by atoms with Gasteiger partial charge in [-0.2, -0.15) is 0 Å². The topological polar surface area (TPSA) is 186 Å². The van der Waals surface area contributed by atoms with E-state index in [1.807, 2.05) is 30.4 Å². The molecule has 0 unspecified atom stereocenters. The zero-order valence-electron chi connectivity index (χ0n) is 30.7. The zero-order chi connectivity index (χ0) is 39.2. The van der Waals surface area contributed by atoms with Crippen molar-refractivity contribution in [1.82, 2.24) is 25.2 Å². The van der Waals surface area contributed by atoms with Gasteiger partial charge in [0.05, 0.1) is 24.6 Å². The number of allylic oxidation sites excluding steroid dienone is 1. The lowest BCUT2D eigenvalue weighted by molar-refractivity contribution is -0.141. The summed E-state index contributed by atoms with van der Waals surface area (Å²) in [6.45, 7) is -0.0786. The maximum absolute atomic E-state index is 14.4.